The molecule has 0 unspecified atom stereocenters. The minimum Gasteiger partial charge on any atom is -0.360 e. The summed E-state index contributed by atoms with van der Waals surface area (Å²) >= 11 is 5.95. The third-order valence-electron chi connectivity index (χ3n) is 3.99. The number of benzene rings is 2. The van der Waals surface area contributed by atoms with Crippen LogP contribution in [-0.2, 0) is 0 Å². The van der Waals surface area contributed by atoms with Crippen LogP contribution in [0.4, 0.5) is 11.4 Å². The number of rotatable bonds is 3. The van der Waals surface area contributed by atoms with Crippen LogP contribution in [0.5, 0.6) is 0 Å². The molecule has 24 heavy (non-hydrogen) atoms. The van der Waals surface area contributed by atoms with Gasteiger partial charge < -0.3 is 5.32 Å². The fourth-order valence-corrected chi connectivity index (χ4v) is 3.00. The Kier molecular flexibility index (Phi) is 3.67. The summed E-state index contributed by atoms with van der Waals surface area (Å²) < 4.78 is 0. The molecule has 2 aromatic carbocycles. The lowest BCUT2D eigenvalue weighted by molar-refractivity contribution is 0.0993. The Morgan fingerprint density at radius 2 is 1.71 bits per heavy atom. The maximum Gasteiger partial charge on any atom is 0.262 e. The van der Waals surface area contributed by atoms with E-state index in [1.807, 2.05) is 60.7 Å². The molecule has 0 spiro atoms. The summed E-state index contributed by atoms with van der Waals surface area (Å²) in [6.07, 6.45) is 1.34. The number of fused-ring (bicyclic) bond motifs is 1. The maximum atomic E-state index is 12.9. The summed E-state index contributed by atoms with van der Waals surface area (Å²) in [4.78, 5) is 19.0. The fraction of sp³-hybridized carbons (Fsp3) is 0.0526. The number of halogens is 1. The Bertz CT molecular complexity index is 881. The molecule has 0 fully saturated rings. The van der Waals surface area contributed by atoms with Crippen LogP contribution >= 0.6 is 11.6 Å². The number of carbonyl (C=O) groups excluding carboxylic acids is 1. The molecular formula is C19H14ClN3O. The predicted octanol–water partition coefficient (Wildman–Crippen LogP) is 4.51. The number of aromatic nitrogens is 1. The van der Waals surface area contributed by atoms with E-state index in [9.17, 15) is 4.79 Å². The maximum absolute atomic E-state index is 12.9. The normalized spacial score (nSPS) is 16.1. The molecule has 0 aliphatic carbocycles. The molecule has 1 aliphatic rings. The largest absolute Gasteiger partial charge is 0.360 e. The number of nitrogens with one attached hydrogen (secondary N) is 1. The molecule has 118 valence electrons. The van der Waals surface area contributed by atoms with Gasteiger partial charge in [-0.05, 0) is 48.5 Å². The second-order valence-electron chi connectivity index (χ2n) is 5.50. The van der Waals surface area contributed by atoms with Gasteiger partial charge in [0.25, 0.3) is 5.91 Å². The van der Waals surface area contributed by atoms with Gasteiger partial charge in [0.05, 0.1) is 11.3 Å². The van der Waals surface area contributed by atoms with E-state index in [1.54, 1.807) is 17.2 Å². The molecule has 1 aliphatic heterocycles. The summed E-state index contributed by atoms with van der Waals surface area (Å²) in [5, 5.41) is 4.06. The number of nitrogens with zero attached hydrogens (tertiary/aromatic N) is 2. The Morgan fingerprint density at radius 1 is 0.958 bits per heavy atom. The first kappa shape index (κ1) is 14.7. The molecule has 4 rings (SSSR count). The topological polar surface area (TPSA) is 45.2 Å². The second-order valence-corrected chi connectivity index (χ2v) is 5.94. The van der Waals surface area contributed by atoms with E-state index in [1.165, 1.54) is 0 Å². The zero-order chi connectivity index (χ0) is 16.5. The van der Waals surface area contributed by atoms with Gasteiger partial charge in [0.1, 0.15) is 0 Å². The Morgan fingerprint density at radius 3 is 2.46 bits per heavy atom. The molecule has 0 radical (unpaired) electrons. The van der Waals surface area contributed by atoms with Crippen molar-refractivity contribution in [3.8, 4) is 0 Å². The van der Waals surface area contributed by atoms with Gasteiger partial charge in [-0.1, -0.05) is 29.8 Å². The molecule has 0 bridgehead atoms. The summed E-state index contributed by atoms with van der Waals surface area (Å²) in [5.74, 6) is -0.0595. The van der Waals surface area contributed by atoms with E-state index in [4.69, 9.17) is 11.6 Å². The Labute approximate surface area is 144 Å². The predicted molar refractivity (Wildman–Crippen MR) is 95.3 cm³/mol. The lowest BCUT2D eigenvalue weighted by Gasteiger charge is -2.26. The average molecular weight is 336 g/mol. The number of hydrogen-bond donors (Lipinski definition) is 1. The number of hydrogen-bond acceptors (Lipinski definition) is 3. The van der Waals surface area contributed by atoms with Crippen LogP contribution in [0.25, 0.3) is 0 Å². The van der Waals surface area contributed by atoms with Crippen molar-refractivity contribution < 1.29 is 4.79 Å². The van der Waals surface area contributed by atoms with Gasteiger partial charge in [-0.15, -0.1) is 0 Å². The highest BCUT2D eigenvalue weighted by Crippen LogP contribution is 2.36. The minimum atomic E-state index is -0.364. The highest BCUT2D eigenvalue weighted by Gasteiger charge is 2.38. The summed E-state index contributed by atoms with van der Waals surface area (Å²) in [6, 6.07) is 20.6. The molecule has 1 atom stereocenters. The summed E-state index contributed by atoms with van der Waals surface area (Å²) in [6.45, 7) is 0. The standard InChI is InChI=1S/C19H14ClN3O/c20-13-8-10-14(11-9-13)22-18-17-16(7-4-12-21-17)19(24)23(18)15-5-2-1-3-6-15/h1-12,18,22H/t18-/m0/s1. The Balaban J connectivity index is 1.77. The van der Waals surface area contributed by atoms with Crippen LogP contribution < -0.4 is 10.2 Å². The molecule has 0 saturated heterocycles. The van der Waals surface area contributed by atoms with Crippen molar-refractivity contribution in [1.29, 1.82) is 0 Å². The zero-order valence-corrected chi connectivity index (χ0v) is 13.4. The zero-order valence-electron chi connectivity index (χ0n) is 12.7. The third kappa shape index (κ3) is 2.51. The number of pyridine rings is 1. The lowest BCUT2D eigenvalue weighted by Crippen LogP contribution is -2.32. The van der Waals surface area contributed by atoms with Crippen LogP contribution in [0.2, 0.25) is 5.02 Å². The first-order chi connectivity index (χ1) is 11.7. The van der Waals surface area contributed by atoms with Gasteiger partial charge in [-0.2, -0.15) is 0 Å². The van der Waals surface area contributed by atoms with E-state index < -0.39 is 0 Å². The van der Waals surface area contributed by atoms with Crippen molar-refractivity contribution in [2.45, 2.75) is 6.17 Å². The molecule has 2 heterocycles. The van der Waals surface area contributed by atoms with Crippen LogP contribution in [0.15, 0.2) is 72.9 Å². The molecule has 0 saturated carbocycles. The second kappa shape index (κ2) is 5.98. The highest BCUT2D eigenvalue weighted by atomic mass is 35.5. The molecule has 3 aromatic rings. The molecule has 5 heteroatoms. The van der Waals surface area contributed by atoms with Crippen LogP contribution in [-0.4, -0.2) is 10.9 Å². The quantitative estimate of drug-likeness (QED) is 0.766. The van der Waals surface area contributed by atoms with Gasteiger partial charge in [-0.25, -0.2) is 0 Å². The monoisotopic (exact) mass is 335 g/mol. The van der Waals surface area contributed by atoms with E-state index >= 15 is 0 Å². The molecule has 4 nitrogen and oxygen atoms in total. The molecular weight excluding hydrogens is 322 g/mol. The number of anilines is 2. The van der Waals surface area contributed by atoms with Crippen molar-refractivity contribution in [2.75, 3.05) is 10.2 Å². The van der Waals surface area contributed by atoms with Crippen molar-refractivity contribution in [2.24, 2.45) is 0 Å². The van der Waals surface area contributed by atoms with Gasteiger partial charge >= 0.3 is 0 Å². The summed E-state index contributed by atoms with van der Waals surface area (Å²) in [5.41, 5.74) is 3.04. The van der Waals surface area contributed by atoms with E-state index in [0.29, 0.717) is 10.6 Å². The molecule has 1 amide bonds. The van der Waals surface area contributed by atoms with Gasteiger partial charge in [0.2, 0.25) is 0 Å². The lowest BCUT2D eigenvalue weighted by atomic mass is 10.2. The van der Waals surface area contributed by atoms with Crippen molar-refractivity contribution >= 4 is 28.9 Å². The molecule has 1 N–H and O–H groups in total. The van der Waals surface area contributed by atoms with E-state index in [0.717, 1.165) is 17.1 Å². The van der Waals surface area contributed by atoms with Crippen molar-refractivity contribution in [3.05, 3.63) is 89.2 Å². The number of amides is 1. The fourth-order valence-electron chi connectivity index (χ4n) is 2.88. The average Bonchev–Trinajstić information content (AvgIpc) is 2.90. The van der Waals surface area contributed by atoms with Crippen molar-refractivity contribution in [3.63, 3.8) is 0 Å². The van der Waals surface area contributed by atoms with Gasteiger partial charge in [-0.3, -0.25) is 14.7 Å². The van der Waals surface area contributed by atoms with Crippen molar-refractivity contribution in [1.82, 2.24) is 4.98 Å². The molecule has 1 aromatic heterocycles. The first-order valence-electron chi connectivity index (χ1n) is 7.60. The third-order valence-corrected chi connectivity index (χ3v) is 4.24. The van der Waals surface area contributed by atoms with Crippen LogP contribution in [0, 0.1) is 0 Å². The highest BCUT2D eigenvalue weighted by molar-refractivity contribution is 6.30. The number of para-hydroxylation sites is 1. The van der Waals surface area contributed by atoms with E-state index in [-0.39, 0.29) is 12.1 Å². The first-order valence-corrected chi connectivity index (χ1v) is 7.97. The smallest absolute Gasteiger partial charge is 0.262 e. The Hall–Kier alpha value is -2.85. The van der Waals surface area contributed by atoms with E-state index in [2.05, 4.69) is 10.3 Å². The minimum absolute atomic E-state index is 0.0595. The van der Waals surface area contributed by atoms with Crippen LogP contribution in [0.3, 0.4) is 0 Å². The van der Waals surface area contributed by atoms with Gasteiger partial charge in [0.15, 0.2) is 6.17 Å². The number of carbonyl (C=O) groups is 1. The van der Waals surface area contributed by atoms with Gasteiger partial charge in [0, 0.05) is 22.6 Å². The van der Waals surface area contributed by atoms with Crippen LogP contribution in [0.1, 0.15) is 22.2 Å². The SMILES string of the molecule is O=C1c2cccnc2[C@@H](Nc2ccc(Cl)cc2)N1c1ccccc1. The summed E-state index contributed by atoms with van der Waals surface area (Å²) in [7, 11) is 0.